The smallest absolute Gasteiger partial charge is 0.407 e. The number of phenols is 1. The van der Waals surface area contributed by atoms with Gasteiger partial charge in [0.1, 0.15) is 17.1 Å². The predicted octanol–water partition coefficient (Wildman–Crippen LogP) is 7.37. The van der Waals surface area contributed by atoms with Gasteiger partial charge >= 0.3 is 6.09 Å². The molecule has 2 rings (SSSR count). The van der Waals surface area contributed by atoms with Gasteiger partial charge < -0.3 is 24.6 Å². The van der Waals surface area contributed by atoms with Gasteiger partial charge in [0.15, 0.2) is 0 Å². The lowest BCUT2D eigenvalue weighted by Crippen LogP contribution is -2.33. The molecule has 0 spiro atoms. The third kappa shape index (κ3) is 12.4. The third-order valence-electron chi connectivity index (χ3n) is 6.25. The zero-order valence-electron chi connectivity index (χ0n) is 23.5. The van der Waals surface area contributed by atoms with Gasteiger partial charge in [-0.05, 0) is 75.4 Å². The number of amides is 1. The molecule has 37 heavy (non-hydrogen) atoms. The van der Waals surface area contributed by atoms with Crippen LogP contribution in [0.15, 0.2) is 48.5 Å². The molecule has 0 bridgehead atoms. The molecule has 1 amide bonds. The molecule has 2 aromatic rings. The van der Waals surface area contributed by atoms with E-state index >= 15 is 0 Å². The van der Waals surface area contributed by atoms with Crippen LogP contribution >= 0.6 is 0 Å². The molecule has 0 atom stereocenters. The molecule has 2 aromatic carbocycles. The maximum Gasteiger partial charge on any atom is 0.407 e. The summed E-state index contributed by atoms with van der Waals surface area (Å²) in [7, 11) is 0. The highest BCUT2D eigenvalue weighted by Crippen LogP contribution is 2.33. The van der Waals surface area contributed by atoms with Gasteiger partial charge in [-0.15, -0.1) is 0 Å². The summed E-state index contributed by atoms with van der Waals surface area (Å²) in [5.74, 6) is 1.19. The molecule has 0 aliphatic rings. The number of benzene rings is 2. The Hall–Kier alpha value is -2.73. The summed E-state index contributed by atoms with van der Waals surface area (Å²) in [4.78, 5) is 11.5. The maximum atomic E-state index is 11.5. The highest BCUT2D eigenvalue weighted by molar-refractivity contribution is 5.67. The SMILES string of the molecule is CC(C)(C)OC(=O)NCCCOCCCCCCCCOc1ccc(C(C)(C)c2ccc(O)cc2)cc1. The lowest BCUT2D eigenvalue weighted by Gasteiger charge is -2.26. The van der Waals surface area contributed by atoms with Gasteiger partial charge in [0, 0.05) is 25.2 Å². The molecule has 6 heteroatoms. The fourth-order valence-corrected chi connectivity index (χ4v) is 4.00. The summed E-state index contributed by atoms with van der Waals surface area (Å²) < 4.78 is 16.8. The Morgan fingerprint density at radius 3 is 1.84 bits per heavy atom. The van der Waals surface area contributed by atoms with Crippen molar-refractivity contribution in [1.29, 1.82) is 0 Å². The minimum atomic E-state index is -0.464. The molecule has 0 aliphatic heterocycles. The van der Waals surface area contributed by atoms with E-state index in [-0.39, 0.29) is 17.3 Å². The fraction of sp³-hybridized carbons (Fsp3) is 0.581. The van der Waals surface area contributed by atoms with Crippen molar-refractivity contribution in [3.63, 3.8) is 0 Å². The molecule has 0 heterocycles. The van der Waals surface area contributed by atoms with E-state index in [4.69, 9.17) is 14.2 Å². The van der Waals surface area contributed by atoms with E-state index in [9.17, 15) is 9.90 Å². The molecular formula is C31H47NO5. The van der Waals surface area contributed by atoms with Crippen molar-refractivity contribution < 1.29 is 24.1 Å². The first-order valence-electron chi connectivity index (χ1n) is 13.7. The Bertz CT molecular complexity index is 901. The predicted molar refractivity (Wildman–Crippen MR) is 150 cm³/mol. The van der Waals surface area contributed by atoms with Crippen LogP contribution in [0.5, 0.6) is 11.5 Å². The molecular weight excluding hydrogens is 466 g/mol. The topological polar surface area (TPSA) is 77.0 Å². The van der Waals surface area contributed by atoms with Gasteiger partial charge in [-0.3, -0.25) is 0 Å². The minimum absolute atomic E-state index is 0.143. The summed E-state index contributed by atoms with van der Waals surface area (Å²) in [6.07, 6.45) is 7.32. The molecule has 0 unspecified atom stereocenters. The first-order chi connectivity index (χ1) is 17.6. The zero-order valence-corrected chi connectivity index (χ0v) is 23.5. The molecule has 0 saturated heterocycles. The number of hydrogen-bond acceptors (Lipinski definition) is 5. The summed E-state index contributed by atoms with van der Waals surface area (Å²) in [5, 5.41) is 12.3. The van der Waals surface area contributed by atoms with Gasteiger partial charge in [0.2, 0.25) is 0 Å². The average molecular weight is 514 g/mol. The molecule has 0 aromatic heterocycles. The number of carbonyl (C=O) groups is 1. The van der Waals surface area contributed by atoms with Crippen LogP contribution in [0.4, 0.5) is 4.79 Å². The van der Waals surface area contributed by atoms with E-state index < -0.39 is 5.60 Å². The zero-order chi connectivity index (χ0) is 27.2. The van der Waals surface area contributed by atoms with Crippen LogP contribution in [0.3, 0.4) is 0 Å². The Morgan fingerprint density at radius 2 is 1.24 bits per heavy atom. The minimum Gasteiger partial charge on any atom is -0.508 e. The first-order valence-corrected chi connectivity index (χ1v) is 13.7. The lowest BCUT2D eigenvalue weighted by molar-refractivity contribution is 0.0519. The van der Waals surface area contributed by atoms with Crippen LogP contribution in [0.2, 0.25) is 0 Å². The number of phenolic OH excluding ortho intramolecular Hbond substituents is 1. The van der Waals surface area contributed by atoms with E-state index in [0.29, 0.717) is 13.2 Å². The second kappa shape index (κ2) is 15.5. The van der Waals surface area contributed by atoms with Crippen LogP contribution in [-0.4, -0.2) is 43.2 Å². The van der Waals surface area contributed by atoms with Crippen molar-refractivity contribution in [1.82, 2.24) is 5.32 Å². The second-order valence-electron chi connectivity index (χ2n) is 11.1. The molecule has 206 valence electrons. The number of unbranched alkanes of at least 4 members (excludes halogenated alkanes) is 5. The van der Waals surface area contributed by atoms with Crippen LogP contribution in [0, 0.1) is 0 Å². The lowest BCUT2D eigenvalue weighted by atomic mass is 9.78. The van der Waals surface area contributed by atoms with E-state index in [2.05, 4.69) is 31.3 Å². The molecule has 2 N–H and O–H groups in total. The monoisotopic (exact) mass is 513 g/mol. The summed E-state index contributed by atoms with van der Waals surface area (Å²) >= 11 is 0. The standard InChI is InChI=1S/C31H47NO5/c1-30(2,3)37-29(34)32-21-12-23-35-22-10-8-6-7-9-11-24-36-28-19-15-26(16-20-28)31(4,5)25-13-17-27(33)18-14-25/h13-20,33H,6-12,21-24H2,1-5H3,(H,32,34). The normalized spacial score (nSPS) is 11.8. The van der Waals surface area contributed by atoms with E-state index in [1.807, 2.05) is 45.0 Å². The highest BCUT2D eigenvalue weighted by Gasteiger charge is 2.23. The van der Waals surface area contributed by atoms with Crippen molar-refractivity contribution in [2.75, 3.05) is 26.4 Å². The van der Waals surface area contributed by atoms with E-state index in [0.717, 1.165) is 43.8 Å². The molecule has 0 aliphatic carbocycles. The van der Waals surface area contributed by atoms with Gasteiger partial charge in [0.25, 0.3) is 0 Å². The summed E-state index contributed by atoms with van der Waals surface area (Å²) in [6, 6.07) is 15.8. The molecule has 0 fully saturated rings. The third-order valence-corrected chi connectivity index (χ3v) is 6.25. The van der Waals surface area contributed by atoms with Gasteiger partial charge in [-0.2, -0.15) is 0 Å². The Labute approximate surface area is 223 Å². The number of aromatic hydroxyl groups is 1. The van der Waals surface area contributed by atoms with Gasteiger partial charge in [-0.1, -0.05) is 63.8 Å². The van der Waals surface area contributed by atoms with E-state index in [1.165, 1.54) is 31.2 Å². The van der Waals surface area contributed by atoms with Crippen molar-refractivity contribution >= 4 is 6.09 Å². The molecule has 0 saturated carbocycles. The Kier molecular flexibility index (Phi) is 12.8. The van der Waals surface area contributed by atoms with Crippen molar-refractivity contribution in [3.8, 4) is 11.5 Å². The number of rotatable bonds is 16. The van der Waals surface area contributed by atoms with Crippen LogP contribution in [0.1, 0.15) is 90.7 Å². The maximum absolute atomic E-state index is 11.5. The number of alkyl carbamates (subject to hydrolysis) is 1. The second-order valence-corrected chi connectivity index (χ2v) is 11.1. The van der Waals surface area contributed by atoms with Crippen molar-refractivity contribution in [3.05, 3.63) is 59.7 Å². The van der Waals surface area contributed by atoms with Crippen molar-refractivity contribution in [2.24, 2.45) is 0 Å². The Balaban J connectivity index is 1.46. The quantitative estimate of drug-likeness (QED) is 0.229. The average Bonchev–Trinajstić information content (AvgIpc) is 2.83. The number of carbonyl (C=O) groups excluding carboxylic acids is 1. The fourth-order valence-electron chi connectivity index (χ4n) is 4.00. The Morgan fingerprint density at radius 1 is 0.730 bits per heavy atom. The summed E-state index contributed by atoms with van der Waals surface area (Å²) in [5.41, 5.74) is 1.77. The van der Waals surface area contributed by atoms with Crippen molar-refractivity contribution in [2.45, 2.75) is 90.6 Å². The van der Waals surface area contributed by atoms with Crippen LogP contribution in [0.25, 0.3) is 0 Å². The number of hydrogen-bond donors (Lipinski definition) is 2. The summed E-state index contributed by atoms with van der Waals surface area (Å²) in [6.45, 7) is 12.7. The number of nitrogens with one attached hydrogen (secondary N) is 1. The highest BCUT2D eigenvalue weighted by atomic mass is 16.6. The first kappa shape index (κ1) is 30.5. The number of ether oxygens (including phenoxy) is 3. The molecule has 0 radical (unpaired) electrons. The van der Waals surface area contributed by atoms with Crippen LogP contribution in [-0.2, 0) is 14.9 Å². The van der Waals surface area contributed by atoms with E-state index in [1.54, 1.807) is 12.1 Å². The largest absolute Gasteiger partial charge is 0.508 e. The van der Waals surface area contributed by atoms with Crippen LogP contribution < -0.4 is 10.1 Å². The van der Waals surface area contributed by atoms with Gasteiger partial charge in [-0.25, -0.2) is 4.79 Å². The molecule has 6 nitrogen and oxygen atoms in total. The van der Waals surface area contributed by atoms with Gasteiger partial charge in [0.05, 0.1) is 6.61 Å².